The summed E-state index contributed by atoms with van der Waals surface area (Å²) >= 11 is 0. The maximum absolute atomic E-state index is 13.7. The van der Waals surface area contributed by atoms with E-state index in [1.54, 1.807) is 15.7 Å². The summed E-state index contributed by atoms with van der Waals surface area (Å²) in [6, 6.07) is 15.3. The van der Waals surface area contributed by atoms with Crippen LogP contribution in [0.4, 0.5) is 5.69 Å². The molecule has 1 amide bonds. The van der Waals surface area contributed by atoms with Gasteiger partial charge in [-0.1, -0.05) is 101 Å². The van der Waals surface area contributed by atoms with Crippen LogP contribution in [0.1, 0.15) is 99.8 Å². The van der Waals surface area contributed by atoms with Crippen molar-refractivity contribution in [3.05, 3.63) is 77.5 Å². The molecule has 212 valence electrons. The molecule has 9 heteroatoms. The first kappa shape index (κ1) is 29.1. The van der Waals surface area contributed by atoms with Crippen molar-refractivity contribution < 1.29 is 4.79 Å². The van der Waals surface area contributed by atoms with Gasteiger partial charge in [-0.05, 0) is 43.2 Å². The van der Waals surface area contributed by atoms with E-state index in [0.29, 0.717) is 29.6 Å². The monoisotopic (exact) mass is 542 g/mol. The average Bonchev–Trinajstić information content (AvgIpc) is 3.55. The zero-order valence-electron chi connectivity index (χ0n) is 24.1. The fourth-order valence-electron chi connectivity index (χ4n) is 4.99. The smallest absolute Gasteiger partial charge is 0.239 e. The fraction of sp³-hybridized carbons (Fsp3) is 0.484. The number of nitrogens with one attached hydrogen (secondary N) is 1. The number of anilines is 1. The zero-order valence-corrected chi connectivity index (χ0v) is 24.1. The van der Waals surface area contributed by atoms with Crippen LogP contribution in [0.2, 0.25) is 0 Å². The van der Waals surface area contributed by atoms with E-state index in [2.05, 4.69) is 37.7 Å². The van der Waals surface area contributed by atoms with Gasteiger partial charge in [-0.15, -0.1) is 10.2 Å². The molecule has 0 bridgehead atoms. The van der Waals surface area contributed by atoms with Crippen LogP contribution in [0, 0.1) is 13.8 Å². The lowest BCUT2D eigenvalue weighted by Gasteiger charge is -2.14. The molecule has 0 aliphatic carbocycles. The molecule has 0 saturated carbocycles. The first-order chi connectivity index (χ1) is 19.6. The highest BCUT2D eigenvalue weighted by Gasteiger charge is 2.29. The summed E-state index contributed by atoms with van der Waals surface area (Å²) in [6.45, 7) is 6.75. The van der Waals surface area contributed by atoms with E-state index in [0.717, 1.165) is 24.1 Å². The maximum atomic E-state index is 13.7. The molecule has 40 heavy (non-hydrogen) atoms. The van der Waals surface area contributed by atoms with Gasteiger partial charge in [-0.3, -0.25) is 4.79 Å². The topological polar surface area (TPSA) is 103 Å². The van der Waals surface area contributed by atoms with Crippen molar-refractivity contribution >= 4 is 11.6 Å². The summed E-state index contributed by atoms with van der Waals surface area (Å²) in [6.07, 6.45) is 14.4. The summed E-state index contributed by atoms with van der Waals surface area (Å²) in [5.74, 6) is 0.166. The Hall–Kier alpha value is -3.88. The van der Waals surface area contributed by atoms with Crippen molar-refractivity contribution in [2.45, 2.75) is 97.4 Å². The Morgan fingerprint density at radius 3 is 2.20 bits per heavy atom. The molecule has 1 N–H and O–H groups in total. The Bertz CT molecular complexity index is 1320. The largest absolute Gasteiger partial charge is 0.322 e. The highest BCUT2D eigenvalue weighted by molar-refractivity contribution is 5.98. The third kappa shape index (κ3) is 7.83. The Morgan fingerprint density at radius 1 is 0.850 bits per heavy atom. The summed E-state index contributed by atoms with van der Waals surface area (Å²) < 4.78 is 1.74. The van der Waals surface area contributed by atoms with Gasteiger partial charge in [0.05, 0.1) is 23.6 Å². The quantitative estimate of drug-likeness (QED) is 0.161. The first-order valence-corrected chi connectivity index (χ1v) is 14.7. The van der Waals surface area contributed by atoms with Gasteiger partial charge in [0, 0.05) is 6.20 Å². The second-order valence-corrected chi connectivity index (χ2v) is 10.4. The minimum absolute atomic E-state index is 0.226. The van der Waals surface area contributed by atoms with Gasteiger partial charge in [0.1, 0.15) is 5.92 Å². The van der Waals surface area contributed by atoms with Crippen molar-refractivity contribution in [3.8, 4) is 5.82 Å². The molecular formula is C31H42N8O. The van der Waals surface area contributed by atoms with Crippen molar-refractivity contribution in [2.24, 2.45) is 0 Å². The SMILES string of the molecule is CCCCCCCCCCCCn1nnc(C(C(=O)Nc2c(C)nn(-c3ccccn3)c2C)c2ccccc2)n1. The normalized spacial score (nSPS) is 12.0. The molecule has 0 aliphatic rings. The number of amides is 1. The minimum atomic E-state index is -0.695. The predicted molar refractivity (Wildman–Crippen MR) is 157 cm³/mol. The van der Waals surface area contributed by atoms with Crippen LogP contribution >= 0.6 is 0 Å². The maximum Gasteiger partial charge on any atom is 0.239 e. The van der Waals surface area contributed by atoms with E-state index in [4.69, 9.17) is 0 Å². The van der Waals surface area contributed by atoms with E-state index in [1.165, 1.54) is 51.4 Å². The lowest BCUT2D eigenvalue weighted by Crippen LogP contribution is -2.24. The van der Waals surface area contributed by atoms with Gasteiger partial charge in [0.2, 0.25) is 5.91 Å². The highest BCUT2D eigenvalue weighted by Crippen LogP contribution is 2.27. The number of nitrogens with zero attached hydrogens (tertiary/aromatic N) is 7. The third-order valence-electron chi connectivity index (χ3n) is 7.24. The number of hydrogen-bond acceptors (Lipinski definition) is 6. The third-order valence-corrected chi connectivity index (χ3v) is 7.24. The number of rotatable bonds is 16. The van der Waals surface area contributed by atoms with Crippen LogP contribution in [0.15, 0.2) is 54.7 Å². The molecule has 1 unspecified atom stereocenters. The molecule has 4 rings (SSSR count). The first-order valence-electron chi connectivity index (χ1n) is 14.7. The van der Waals surface area contributed by atoms with Gasteiger partial charge < -0.3 is 5.32 Å². The molecule has 0 fully saturated rings. The standard InChI is InChI=1S/C31H42N8O/c1-4-5-6-7-8-9-10-11-12-18-23-38-36-30(34-37-38)28(26-19-14-13-15-20-26)31(40)33-29-24(2)35-39(25(29)3)27-21-16-17-22-32-27/h13-17,19-22,28H,4-12,18,23H2,1-3H3,(H,33,40). The number of benzene rings is 1. The number of pyridine rings is 1. The Kier molecular flexibility index (Phi) is 11.0. The number of aromatic nitrogens is 7. The van der Waals surface area contributed by atoms with Crippen LogP contribution in [0.25, 0.3) is 5.82 Å². The molecule has 1 aromatic carbocycles. The molecule has 0 radical (unpaired) electrons. The van der Waals surface area contributed by atoms with E-state index >= 15 is 0 Å². The van der Waals surface area contributed by atoms with Gasteiger partial charge in [0.15, 0.2) is 11.6 Å². The number of tetrazole rings is 1. The summed E-state index contributed by atoms with van der Waals surface area (Å²) in [5.41, 5.74) is 2.98. The molecule has 3 aromatic heterocycles. The number of unbranched alkanes of at least 4 members (excludes halogenated alkanes) is 9. The summed E-state index contributed by atoms with van der Waals surface area (Å²) in [4.78, 5) is 19.8. The van der Waals surface area contributed by atoms with Gasteiger partial charge in [-0.2, -0.15) is 9.90 Å². The van der Waals surface area contributed by atoms with Crippen LogP contribution < -0.4 is 5.32 Å². The Morgan fingerprint density at radius 2 is 1.52 bits per heavy atom. The number of hydrogen-bond donors (Lipinski definition) is 1. The Labute approximate surface area is 237 Å². The van der Waals surface area contributed by atoms with Crippen LogP contribution in [-0.4, -0.2) is 40.9 Å². The molecule has 0 aliphatic heterocycles. The van der Waals surface area contributed by atoms with Crippen LogP contribution in [0.5, 0.6) is 0 Å². The Balaban J connectivity index is 1.38. The molecule has 0 spiro atoms. The number of aryl methyl sites for hydroxylation is 2. The molecule has 4 aromatic rings. The zero-order chi connectivity index (χ0) is 28.2. The molecule has 0 saturated heterocycles. The fourth-order valence-corrected chi connectivity index (χ4v) is 4.99. The van der Waals surface area contributed by atoms with Gasteiger partial charge in [0.25, 0.3) is 0 Å². The highest BCUT2D eigenvalue weighted by atomic mass is 16.2. The molecule has 1 atom stereocenters. The van der Waals surface area contributed by atoms with Gasteiger partial charge in [-0.25, -0.2) is 9.67 Å². The summed E-state index contributed by atoms with van der Waals surface area (Å²) in [7, 11) is 0. The van der Waals surface area contributed by atoms with Crippen molar-refractivity contribution in [1.82, 2.24) is 35.0 Å². The average molecular weight is 543 g/mol. The lowest BCUT2D eigenvalue weighted by molar-refractivity contribution is -0.116. The molecule has 9 nitrogen and oxygen atoms in total. The van der Waals surface area contributed by atoms with Crippen molar-refractivity contribution in [2.75, 3.05) is 5.32 Å². The number of carbonyl (C=O) groups excluding carboxylic acids is 1. The predicted octanol–water partition coefficient (Wildman–Crippen LogP) is 6.56. The number of carbonyl (C=O) groups is 1. The minimum Gasteiger partial charge on any atom is -0.322 e. The van der Waals surface area contributed by atoms with E-state index < -0.39 is 5.92 Å². The van der Waals surface area contributed by atoms with E-state index in [1.807, 2.05) is 62.4 Å². The van der Waals surface area contributed by atoms with Crippen LogP contribution in [-0.2, 0) is 11.3 Å². The van der Waals surface area contributed by atoms with E-state index in [9.17, 15) is 4.79 Å². The second kappa shape index (κ2) is 15.1. The van der Waals surface area contributed by atoms with Crippen molar-refractivity contribution in [3.63, 3.8) is 0 Å². The van der Waals surface area contributed by atoms with Crippen molar-refractivity contribution in [1.29, 1.82) is 0 Å². The molecule has 3 heterocycles. The summed E-state index contributed by atoms with van der Waals surface area (Å²) in [5, 5.41) is 20.9. The van der Waals surface area contributed by atoms with Crippen LogP contribution in [0.3, 0.4) is 0 Å². The van der Waals surface area contributed by atoms with Gasteiger partial charge >= 0.3 is 0 Å². The van der Waals surface area contributed by atoms with E-state index in [-0.39, 0.29) is 5.91 Å². The lowest BCUT2D eigenvalue weighted by atomic mass is 9.97. The molecular weight excluding hydrogens is 500 g/mol. The second-order valence-electron chi connectivity index (χ2n) is 10.4.